The van der Waals surface area contributed by atoms with Gasteiger partial charge >= 0.3 is 6.09 Å². The smallest absolute Gasteiger partial charge is 0.407 e. The van der Waals surface area contributed by atoms with Crippen LogP contribution in [0.2, 0.25) is 0 Å². The van der Waals surface area contributed by atoms with Crippen molar-refractivity contribution in [3.8, 4) is 0 Å². The molecular weight excluding hydrogens is 378 g/mol. The maximum atomic E-state index is 14.0. The van der Waals surface area contributed by atoms with Crippen LogP contribution in [0.5, 0.6) is 0 Å². The fourth-order valence-corrected chi connectivity index (χ4v) is 3.58. The summed E-state index contributed by atoms with van der Waals surface area (Å²) in [6.45, 7) is 5.03. The Bertz CT molecular complexity index is 615. The third-order valence-corrected chi connectivity index (χ3v) is 5.98. The predicted octanol–water partition coefficient (Wildman–Crippen LogP) is 2.76. The van der Waals surface area contributed by atoms with Crippen molar-refractivity contribution in [2.75, 3.05) is 13.2 Å². The molecule has 0 saturated carbocycles. The van der Waals surface area contributed by atoms with Crippen LogP contribution in [-0.4, -0.2) is 46.6 Å². The summed E-state index contributed by atoms with van der Waals surface area (Å²) in [6.07, 6.45) is -3.77. The van der Waals surface area contributed by atoms with Crippen LogP contribution in [0, 0.1) is 0 Å². The summed E-state index contributed by atoms with van der Waals surface area (Å²) in [5, 5.41) is 2.46. The molecule has 2 rings (SSSR count). The second-order valence-electron chi connectivity index (χ2n) is 7.41. The van der Waals surface area contributed by atoms with Gasteiger partial charge < -0.3 is 19.3 Å². The molecule has 27 heavy (non-hydrogen) atoms. The van der Waals surface area contributed by atoms with Crippen LogP contribution in [0.3, 0.4) is 0 Å². The summed E-state index contributed by atoms with van der Waals surface area (Å²) >= 11 is -1.74. The molecule has 1 fully saturated rings. The van der Waals surface area contributed by atoms with Gasteiger partial charge in [0.05, 0.1) is 12.6 Å². The Hall–Kier alpha value is -1.42. The Morgan fingerprint density at radius 1 is 1.41 bits per heavy atom. The molecule has 0 aromatic heterocycles. The number of alkyl halides is 2. The van der Waals surface area contributed by atoms with Gasteiger partial charge in [-0.3, -0.25) is 0 Å². The van der Waals surface area contributed by atoms with Gasteiger partial charge in [0.25, 0.3) is 6.43 Å². The van der Waals surface area contributed by atoms with E-state index in [1.807, 2.05) is 6.07 Å². The average Bonchev–Trinajstić information content (AvgIpc) is 2.61. The number of carbonyl (C=O) groups excluding carboxylic acids is 1. The lowest BCUT2D eigenvalue weighted by molar-refractivity contribution is -0.0585. The van der Waals surface area contributed by atoms with Gasteiger partial charge in [0.1, 0.15) is 16.9 Å². The number of hydrogen-bond acceptors (Lipinski definition) is 5. The Morgan fingerprint density at radius 3 is 2.67 bits per heavy atom. The summed E-state index contributed by atoms with van der Waals surface area (Å²) in [4.78, 5) is 12.1. The third kappa shape index (κ3) is 5.78. The number of carbonyl (C=O) groups is 1. The van der Waals surface area contributed by atoms with Crippen molar-refractivity contribution < 1.29 is 27.6 Å². The van der Waals surface area contributed by atoms with Crippen LogP contribution < -0.4 is 10.0 Å². The number of amides is 1. The van der Waals surface area contributed by atoms with E-state index in [-0.39, 0.29) is 26.2 Å². The number of alkyl carbamates (subject to hydrolysis) is 1. The molecule has 6 nitrogen and oxygen atoms in total. The standard InChI is InChI=1S/C18H26F2N2O4S/c1-17(2,3)27(24)22-18(15(19)20)9-10-25-12-14(18)21-16(23)26-11-13-7-5-4-6-8-13/h4-8,14-15,22H,9-12H2,1-3H3,(H,21,23)/t14-,18+,27?/m0/s1. The number of nitrogens with one attached hydrogen (secondary N) is 2. The Balaban J connectivity index is 2.07. The molecule has 1 aliphatic heterocycles. The predicted molar refractivity (Wildman–Crippen MR) is 98.8 cm³/mol. The van der Waals surface area contributed by atoms with E-state index in [4.69, 9.17) is 9.47 Å². The molecule has 152 valence electrons. The molecule has 1 aliphatic rings. The largest absolute Gasteiger partial charge is 0.598 e. The Labute approximate surface area is 161 Å². The molecule has 2 N–H and O–H groups in total. The molecule has 1 heterocycles. The quantitative estimate of drug-likeness (QED) is 0.713. The molecule has 0 radical (unpaired) electrons. The van der Waals surface area contributed by atoms with Gasteiger partial charge in [-0.15, -0.1) is 4.72 Å². The van der Waals surface area contributed by atoms with E-state index in [0.29, 0.717) is 0 Å². The van der Waals surface area contributed by atoms with Crippen molar-refractivity contribution in [3.63, 3.8) is 0 Å². The highest BCUT2D eigenvalue weighted by molar-refractivity contribution is 7.90. The fraction of sp³-hybridized carbons (Fsp3) is 0.611. The summed E-state index contributed by atoms with van der Waals surface area (Å²) in [5.41, 5.74) is -1.08. The van der Waals surface area contributed by atoms with Gasteiger partial charge in [0.2, 0.25) is 0 Å². The van der Waals surface area contributed by atoms with Crippen molar-refractivity contribution in [3.05, 3.63) is 35.9 Å². The maximum absolute atomic E-state index is 14.0. The molecule has 0 spiro atoms. The molecule has 0 bridgehead atoms. The first-order valence-electron chi connectivity index (χ1n) is 8.68. The minimum absolute atomic E-state index is 0.0171. The maximum Gasteiger partial charge on any atom is 0.407 e. The SMILES string of the molecule is CC(C)(C)[S+]([O-])N[C@]1(C(F)F)CCOC[C@@H]1NC(=O)OCc1ccccc1. The summed E-state index contributed by atoms with van der Waals surface area (Å²) < 4.78 is 52.8. The number of hydrogen-bond donors (Lipinski definition) is 2. The van der Waals surface area contributed by atoms with Gasteiger partial charge in [0.15, 0.2) is 0 Å². The van der Waals surface area contributed by atoms with Gasteiger partial charge in [-0.05, 0) is 26.3 Å². The second-order valence-corrected chi connectivity index (χ2v) is 9.37. The summed E-state index contributed by atoms with van der Waals surface area (Å²) in [7, 11) is 0. The van der Waals surface area contributed by atoms with Crippen LogP contribution in [0.4, 0.5) is 13.6 Å². The monoisotopic (exact) mass is 404 g/mol. The topological polar surface area (TPSA) is 82.6 Å². The average molecular weight is 404 g/mol. The minimum Gasteiger partial charge on any atom is -0.598 e. The first-order chi connectivity index (χ1) is 12.6. The van der Waals surface area contributed by atoms with E-state index in [1.54, 1.807) is 45.0 Å². The normalized spacial score (nSPS) is 24.5. The van der Waals surface area contributed by atoms with Crippen LogP contribution in [0.25, 0.3) is 0 Å². The van der Waals surface area contributed by atoms with Crippen molar-refractivity contribution >= 4 is 17.5 Å². The number of ether oxygens (including phenoxy) is 2. The zero-order valence-electron chi connectivity index (χ0n) is 15.7. The zero-order chi connectivity index (χ0) is 20.1. The van der Waals surface area contributed by atoms with Crippen molar-refractivity contribution in [2.45, 2.75) is 56.6 Å². The van der Waals surface area contributed by atoms with Crippen LogP contribution in [-0.2, 0) is 27.4 Å². The van der Waals surface area contributed by atoms with Gasteiger partial charge in [0, 0.05) is 24.4 Å². The molecule has 9 heteroatoms. The Kier molecular flexibility index (Phi) is 7.44. The van der Waals surface area contributed by atoms with Gasteiger partial charge in [-0.1, -0.05) is 30.3 Å². The molecular formula is C18H26F2N2O4S. The van der Waals surface area contributed by atoms with E-state index >= 15 is 0 Å². The van der Waals surface area contributed by atoms with E-state index in [9.17, 15) is 18.1 Å². The van der Waals surface area contributed by atoms with Crippen molar-refractivity contribution in [1.29, 1.82) is 0 Å². The molecule has 1 aromatic rings. The van der Waals surface area contributed by atoms with Crippen LogP contribution >= 0.6 is 0 Å². The molecule has 1 amide bonds. The van der Waals surface area contributed by atoms with E-state index in [2.05, 4.69) is 10.0 Å². The van der Waals surface area contributed by atoms with Crippen molar-refractivity contribution in [2.24, 2.45) is 0 Å². The van der Waals surface area contributed by atoms with Crippen LogP contribution in [0.15, 0.2) is 30.3 Å². The number of benzene rings is 1. The Morgan fingerprint density at radius 2 is 2.07 bits per heavy atom. The van der Waals surface area contributed by atoms with E-state index < -0.39 is 40.2 Å². The number of rotatable bonds is 6. The first kappa shape index (κ1) is 21.9. The lowest BCUT2D eigenvalue weighted by Gasteiger charge is -2.44. The summed E-state index contributed by atoms with van der Waals surface area (Å²) in [6, 6.07) is 7.93. The summed E-state index contributed by atoms with van der Waals surface area (Å²) in [5.74, 6) is 0. The fourth-order valence-electron chi connectivity index (χ4n) is 2.60. The molecule has 1 unspecified atom stereocenters. The lowest BCUT2D eigenvalue weighted by atomic mass is 9.87. The minimum atomic E-state index is -2.85. The van der Waals surface area contributed by atoms with E-state index in [1.165, 1.54) is 0 Å². The first-order valence-corrected chi connectivity index (χ1v) is 9.83. The van der Waals surface area contributed by atoms with E-state index in [0.717, 1.165) is 5.56 Å². The highest BCUT2D eigenvalue weighted by Gasteiger charge is 2.54. The highest BCUT2D eigenvalue weighted by Crippen LogP contribution is 2.31. The molecule has 3 atom stereocenters. The molecule has 0 aliphatic carbocycles. The van der Waals surface area contributed by atoms with Gasteiger partial charge in [-0.2, -0.15) is 0 Å². The second kappa shape index (κ2) is 9.18. The van der Waals surface area contributed by atoms with Crippen LogP contribution in [0.1, 0.15) is 32.8 Å². The zero-order valence-corrected chi connectivity index (χ0v) is 16.5. The highest BCUT2D eigenvalue weighted by atomic mass is 32.2. The molecule has 1 aromatic carbocycles. The number of halogens is 2. The molecule has 1 saturated heterocycles. The van der Waals surface area contributed by atoms with Crippen molar-refractivity contribution in [1.82, 2.24) is 10.0 Å². The third-order valence-electron chi connectivity index (χ3n) is 4.30. The lowest BCUT2D eigenvalue weighted by Crippen LogP contribution is -2.71. The van der Waals surface area contributed by atoms with Gasteiger partial charge in [-0.25, -0.2) is 13.6 Å².